The van der Waals surface area contributed by atoms with Gasteiger partial charge in [-0.15, -0.1) is 0 Å². The molecule has 4 heteroatoms. The van der Waals surface area contributed by atoms with Gasteiger partial charge in [0.2, 0.25) is 0 Å². The van der Waals surface area contributed by atoms with Crippen molar-refractivity contribution < 1.29 is 4.79 Å². The fraction of sp³-hybridized carbons (Fsp3) is 0.0222. The topological polar surface area (TPSA) is 77.5 Å². The number of hydrogen-bond donors (Lipinski definition) is 0. The van der Waals surface area contributed by atoms with Crippen molar-refractivity contribution in [1.29, 1.82) is 10.5 Å². The van der Waals surface area contributed by atoms with Gasteiger partial charge in [0.25, 0.3) is 0 Å². The van der Waals surface area contributed by atoms with Crippen LogP contribution >= 0.6 is 0 Å². The molecule has 8 rings (SSSR count). The molecule has 49 heavy (non-hydrogen) atoms. The third-order valence-electron chi connectivity index (χ3n) is 9.48. The maximum absolute atomic E-state index is 13.9. The van der Waals surface area contributed by atoms with Crippen LogP contribution in [0, 0.1) is 22.7 Å². The van der Waals surface area contributed by atoms with E-state index in [9.17, 15) is 15.3 Å². The van der Waals surface area contributed by atoms with Gasteiger partial charge in [0, 0.05) is 27.8 Å². The van der Waals surface area contributed by atoms with Crippen molar-refractivity contribution in [3.05, 3.63) is 208 Å². The van der Waals surface area contributed by atoms with E-state index in [-0.39, 0.29) is 5.78 Å². The summed E-state index contributed by atoms with van der Waals surface area (Å²) in [5.74, 6) is 0.00497. The summed E-state index contributed by atoms with van der Waals surface area (Å²) in [5, 5.41) is 21.3. The number of carbonyl (C=O) groups is 1. The summed E-state index contributed by atoms with van der Waals surface area (Å²) < 4.78 is 0. The fourth-order valence-corrected chi connectivity index (χ4v) is 7.37. The summed E-state index contributed by atoms with van der Waals surface area (Å²) in [6, 6.07) is 58.1. The van der Waals surface area contributed by atoms with Crippen LogP contribution in [0.25, 0.3) is 33.6 Å². The lowest BCUT2D eigenvalue weighted by Crippen LogP contribution is -2.38. The third kappa shape index (κ3) is 4.59. The van der Waals surface area contributed by atoms with E-state index in [0.717, 1.165) is 38.9 Å². The van der Waals surface area contributed by atoms with E-state index in [1.54, 1.807) is 0 Å². The number of rotatable bonds is 5. The van der Waals surface area contributed by atoms with Crippen molar-refractivity contribution in [3.8, 4) is 45.8 Å². The van der Waals surface area contributed by atoms with Crippen molar-refractivity contribution in [1.82, 2.24) is 4.98 Å². The Bertz CT molecular complexity index is 2330. The number of nitriles is 2. The quantitative estimate of drug-likeness (QED) is 0.191. The van der Waals surface area contributed by atoms with E-state index >= 15 is 0 Å². The molecule has 0 N–H and O–H groups in total. The zero-order valence-corrected chi connectivity index (χ0v) is 26.3. The number of carbonyl (C=O) groups excluding carboxylic acids is 1. The van der Waals surface area contributed by atoms with Gasteiger partial charge in [-0.1, -0.05) is 164 Å². The van der Waals surface area contributed by atoms with Gasteiger partial charge in [-0.2, -0.15) is 10.5 Å². The zero-order chi connectivity index (χ0) is 33.4. The minimum atomic E-state index is -0.792. The van der Waals surface area contributed by atoms with Gasteiger partial charge in [-0.05, 0) is 27.8 Å². The molecule has 1 aliphatic carbocycles. The Labute approximate surface area is 284 Å². The van der Waals surface area contributed by atoms with Gasteiger partial charge in [0.15, 0.2) is 5.78 Å². The molecule has 0 radical (unpaired) electrons. The molecule has 0 bridgehead atoms. The maximum Gasteiger partial charge on any atom is 0.193 e. The monoisotopic (exact) mass is 625 g/mol. The fourth-order valence-electron chi connectivity index (χ4n) is 7.37. The molecule has 0 unspecified atom stereocenters. The molecular formula is C45H27N3O. The van der Waals surface area contributed by atoms with E-state index in [2.05, 4.69) is 36.4 Å². The van der Waals surface area contributed by atoms with Crippen LogP contribution in [0.4, 0.5) is 0 Å². The highest BCUT2D eigenvalue weighted by atomic mass is 16.1. The van der Waals surface area contributed by atoms with E-state index in [4.69, 9.17) is 4.98 Å². The number of fused-ring (bicyclic) bond motifs is 2. The molecule has 1 heterocycles. The zero-order valence-electron chi connectivity index (χ0n) is 26.3. The van der Waals surface area contributed by atoms with Crippen molar-refractivity contribution in [2.75, 3.05) is 0 Å². The number of pyridine rings is 1. The molecule has 0 saturated carbocycles. The highest BCUT2D eigenvalue weighted by molar-refractivity contribution is 6.14. The third-order valence-corrected chi connectivity index (χ3v) is 9.48. The predicted octanol–water partition coefficient (Wildman–Crippen LogP) is 9.75. The van der Waals surface area contributed by atoms with Gasteiger partial charge in [-0.25, -0.2) is 4.98 Å². The lowest BCUT2D eigenvalue weighted by atomic mass is 9.59. The molecule has 4 nitrogen and oxygen atoms in total. The van der Waals surface area contributed by atoms with E-state index < -0.39 is 5.41 Å². The Morgan fingerprint density at radius 2 is 0.857 bits per heavy atom. The Kier molecular flexibility index (Phi) is 7.26. The Morgan fingerprint density at radius 1 is 0.449 bits per heavy atom. The normalized spacial score (nSPS) is 12.7. The van der Waals surface area contributed by atoms with Gasteiger partial charge in [-0.3, -0.25) is 4.79 Å². The number of ketones is 1. The van der Waals surface area contributed by atoms with Gasteiger partial charge < -0.3 is 0 Å². The van der Waals surface area contributed by atoms with Crippen molar-refractivity contribution in [2.45, 2.75) is 5.41 Å². The second-order valence-electron chi connectivity index (χ2n) is 12.0. The predicted molar refractivity (Wildman–Crippen MR) is 192 cm³/mol. The van der Waals surface area contributed by atoms with Crippen LogP contribution in [-0.4, -0.2) is 10.8 Å². The number of benzene rings is 6. The second kappa shape index (κ2) is 12.0. The van der Waals surface area contributed by atoms with E-state index in [1.807, 2.05) is 140 Å². The summed E-state index contributed by atoms with van der Waals surface area (Å²) >= 11 is 0. The minimum absolute atomic E-state index is 0.00497. The summed E-state index contributed by atoms with van der Waals surface area (Å²) in [6.07, 6.45) is 0. The second-order valence-corrected chi connectivity index (χ2v) is 12.0. The van der Waals surface area contributed by atoms with Crippen molar-refractivity contribution in [3.63, 3.8) is 0 Å². The first-order valence-electron chi connectivity index (χ1n) is 16.1. The Morgan fingerprint density at radius 3 is 1.33 bits per heavy atom. The molecule has 1 aromatic heterocycles. The molecule has 0 spiro atoms. The molecule has 0 amide bonds. The molecule has 7 aromatic rings. The van der Waals surface area contributed by atoms with Crippen LogP contribution in [-0.2, 0) is 5.41 Å². The molecule has 0 aliphatic heterocycles. The average molecular weight is 626 g/mol. The van der Waals surface area contributed by atoms with Crippen LogP contribution < -0.4 is 0 Å². The molecular weight excluding hydrogens is 599 g/mol. The Balaban J connectivity index is 1.42. The van der Waals surface area contributed by atoms with Crippen LogP contribution in [0.2, 0.25) is 0 Å². The molecule has 1 aliphatic rings. The highest BCUT2D eigenvalue weighted by Gasteiger charge is 2.46. The molecule has 6 aromatic carbocycles. The largest absolute Gasteiger partial charge is 0.289 e. The van der Waals surface area contributed by atoms with E-state index in [0.29, 0.717) is 39.2 Å². The van der Waals surface area contributed by atoms with Gasteiger partial charge in [0.1, 0.15) is 12.1 Å². The molecule has 0 saturated heterocycles. The number of nitrogens with zero attached hydrogens (tertiary/aromatic N) is 3. The lowest BCUT2D eigenvalue weighted by Gasteiger charge is -2.41. The maximum atomic E-state index is 13.9. The molecule has 0 fully saturated rings. The SMILES string of the molecule is N#Cc1c(-c2ccccc2)nc(-c2ccccc2)c(C#N)c1-c1ccc(C2(c3ccccc3)c3ccccc3C(=O)c3ccccc32)cc1. The smallest absolute Gasteiger partial charge is 0.193 e. The first-order valence-corrected chi connectivity index (χ1v) is 16.1. The lowest BCUT2D eigenvalue weighted by molar-refractivity contribution is 0.103. The van der Waals surface area contributed by atoms with E-state index in [1.165, 1.54) is 0 Å². The summed E-state index contributed by atoms with van der Waals surface area (Å²) in [7, 11) is 0. The molecule has 0 atom stereocenters. The molecule has 228 valence electrons. The van der Waals surface area contributed by atoms with Gasteiger partial charge in [0.05, 0.1) is 27.9 Å². The van der Waals surface area contributed by atoms with Gasteiger partial charge >= 0.3 is 0 Å². The first kappa shape index (κ1) is 29.5. The average Bonchev–Trinajstić information content (AvgIpc) is 3.18. The summed E-state index contributed by atoms with van der Waals surface area (Å²) in [5.41, 5.74) is 8.95. The van der Waals surface area contributed by atoms with Crippen LogP contribution in [0.3, 0.4) is 0 Å². The number of aromatic nitrogens is 1. The highest BCUT2D eigenvalue weighted by Crippen LogP contribution is 2.51. The standard InChI is InChI=1S/C45H27N3O/c46-28-37-41(38(29-47)43(32-16-6-2-7-17-32)48-42(37)31-14-4-1-5-15-31)30-24-26-34(27-25-30)45(33-18-8-3-9-19-33)39-22-12-10-20-35(39)44(49)36-21-11-13-23-40(36)45/h1-27H. The first-order chi connectivity index (χ1) is 24.2. The minimum Gasteiger partial charge on any atom is -0.289 e. The number of hydrogen-bond acceptors (Lipinski definition) is 4. The van der Waals surface area contributed by atoms with Crippen LogP contribution in [0.15, 0.2) is 164 Å². The van der Waals surface area contributed by atoms with Crippen LogP contribution in [0.5, 0.6) is 0 Å². The summed E-state index contributed by atoms with van der Waals surface area (Å²) in [4.78, 5) is 18.8. The van der Waals surface area contributed by atoms with Crippen LogP contribution in [0.1, 0.15) is 49.3 Å². The summed E-state index contributed by atoms with van der Waals surface area (Å²) in [6.45, 7) is 0. The van der Waals surface area contributed by atoms with Crippen molar-refractivity contribution >= 4 is 5.78 Å². The Hall–Kier alpha value is -6.88. The van der Waals surface area contributed by atoms with Crippen molar-refractivity contribution in [2.24, 2.45) is 0 Å².